The molecule has 92 valence electrons. The van der Waals surface area contributed by atoms with Crippen LogP contribution in [0.2, 0.25) is 0 Å². The predicted octanol–water partition coefficient (Wildman–Crippen LogP) is 3.30. The number of rotatable bonds is 5. The van der Waals surface area contributed by atoms with Gasteiger partial charge in [0.1, 0.15) is 0 Å². The van der Waals surface area contributed by atoms with Crippen LogP contribution in [0, 0.1) is 5.82 Å². The fourth-order valence-corrected chi connectivity index (χ4v) is 1.70. The number of hydrogen-bond acceptors (Lipinski definition) is 2. The molecule has 0 spiro atoms. The first-order chi connectivity index (χ1) is 8.13. The molecular formula is C14H17FO2. The molecule has 0 bridgehead atoms. The highest BCUT2D eigenvalue weighted by Gasteiger charge is 2.13. The Balaban J connectivity index is 2.93. The molecule has 0 aliphatic rings. The summed E-state index contributed by atoms with van der Waals surface area (Å²) < 4.78 is 18.7. The van der Waals surface area contributed by atoms with Gasteiger partial charge in [-0.05, 0) is 30.5 Å². The summed E-state index contributed by atoms with van der Waals surface area (Å²) in [7, 11) is 1.41. The Kier molecular flexibility index (Phi) is 4.88. The van der Waals surface area contributed by atoms with E-state index in [2.05, 4.69) is 0 Å². The van der Waals surface area contributed by atoms with Crippen molar-refractivity contribution in [2.75, 3.05) is 7.11 Å². The number of benzene rings is 1. The number of allylic oxidation sites excluding steroid dienone is 2. The van der Waals surface area contributed by atoms with E-state index in [0.29, 0.717) is 12.0 Å². The summed E-state index contributed by atoms with van der Waals surface area (Å²) >= 11 is 0. The lowest BCUT2D eigenvalue weighted by Crippen LogP contribution is -2.07. The first-order valence-corrected chi connectivity index (χ1v) is 5.63. The van der Waals surface area contributed by atoms with Gasteiger partial charge < -0.3 is 4.74 Å². The maximum Gasteiger partial charge on any atom is 0.168 e. The maximum absolute atomic E-state index is 13.8. The van der Waals surface area contributed by atoms with E-state index in [1.807, 2.05) is 13.8 Å². The smallest absolute Gasteiger partial charge is 0.168 e. The Morgan fingerprint density at radius 3 is 2.71 bits per heavy atom. The molecule has 2 nitrogen and oxygen atoms in total. The van der Waals surface area contributed by atoms with Crippen molar-refractivity contribution < 1.29 is 13.9 Å². The van der Waals surface area contributed by atoms with Crippen molar-refractivity contribution in [1.82, 2.24) is 0 Å². The standard InChI is InChI=1S/C14H17FO2/c1-4-10(5-2)12(16)9-11-7-6-8-13(17-3)14(11)15/h4,6-8H,5,9H2,1-3H3/b10-4-. The molecule has 0 fully saturated rings. The van der Waals surface area contributed by atoms with Gasteiger partial charge in [0.25, 0.3) is 0 Å². The van der Waals surface area contributed by atoms with Crippen molar-refractivity contribution in [3.8, 4) is 5.75 Å². The zero-order chi connectivity index (χ0) is 12.8. The molecule has 0 aliphatic heterocycles. The highest BCUT2D eigenvalue weighted by Crippen LogP contribution is 2.21. The molecule has 3 heteroatoms. The minimum atomic E-state index is -0.449. The third-order valence-electron chi connectivity index (χ3n) is 2.70. The van der Waals surface area contributed by atoms with Crippen LogP contribution in [0.5, 0.6) is 5.75 Å². The van der Waals surface area contributed by atoms with E-state index in [9.17, 15) is 9.18 Å². The zero-order valence-corrected chi connectivity index (χ0v) is 10.4. The number of hydrogen-bond donors (Lipinski definition) is 0. The van der Waals surface area contributed by atoms with Crippen molar-refractivity contribution in [1.29, 1.82) is 0 Å². The van der Waals surface area contributed by atoms with E-state index in [0.717, 1.165) is 5.57 Å². The summed E-state index contributed by atoms with van der Waals surface area (Å²) in [5.74, 6) is -0.314. The van der Waals surface area contributed by atoms with Gasteiger partial charge in [-0.15, -0.1) is 0 Å². The van der Waals surface area contributed by atoms with Crippen LogP contribution in [-0.4, -0.2) is 12.9 Å². The SMILES string of the molecule is C/C=C(/CC)C(=O)Cc1cccc(OC)c1F. The van der Waals surface area contributed by atoms with Crippen LogP contribution in [0.1, 0.15) is 25.8 Å². The lowest BCUT2D eigenvalue weighted by Gasteiger charge is -2.07. The fraction of sp³-hybridized carbons (Fsp3) is 0.357. The largest absolute Gasteiger partial charge is 0.494 e. The van der Waals surface area contributed by atoms with Gasteiger partial charge in [-0.3, -0.25) is 4.79 Å². The number of carbonyl (C=O) groups excluding carboxylic acids is 1. The Morgan fingerprint density at radius 2 is 2.18 bits per heavy atom. The number of carbonyl (C=O) groups is 1. The number of Topliss-reactive ketones (excluding diaryl/α,β-unsaturated/α-hetero) is 1. The minimum absolute atomic E-state index is 0.0397. The third kappa shape index (κ3) is 3.16. The molecule has 0 amide bonds. The summed E-state index contributed by atoms with van der Waals surface area (Å²) in [5.41, 5.74) is 1.11. The second kappa shape index (κ2) is 6.18. The molecule has 0 radical (unpaired) electrons. The highest BCUT2D eigenvalue weighted by atomic mass is 19.1. The van der Waals surface area contributed by atoms with Gasteiger partial charge in [0, 0.05) is 6.42 Å². The van der Waals surface area contributed by atoms with Crippen LogP contribution >= 0.6 is 0 Å². The van der Waals surface area contributed by atoms with Crippen molar-refractivity contribution in [3.05, 3.63) is 41.2 Å². The second-order valence-corrected chi connectivity index (χ2v) is 3.70. The molecule has 1 rings (SSSR count). The Labute approximate surface area is 101 Å². The van der Waals surface area contributed by atoms with E-state index < -0.39 is 5.82 Å². The van der Waals surface area contributed by atoms with Gasteiger partial charge >= 0.3 is 0 Å². The van der Waals surface area contributed by atoms with Crippen LogP contribution in [0.15, 0.2) is 29.8 Å². The van der Waals surface area contributed by atoms with Gasteiger partial charge in [0.05, 0.1) is 7.11 Å². The van der Waals surface area contributed by atoms with Crippen molar-refractivity contribution in [2.45, 2.75) is 26.7 Å². The molecule has 0 N–H and O–H groups in total. The van der Waals surface area contributed by atoms with Crippen LogP contribution in [0.4, 0.5) is 4.39 Å². The summed E-state index contributed by atoms with van der Waals surface area (Å²) in [6.45, 7) is 3.73. The predicted molar refractivity (Wildman–Crippen MR) is 65.7 cm³/mol. The Bertz CT molecular complexity index is 436. The Hall–Kier alpha value is -1.64. The van der Waals surface area contributed by atoms with Gasteiger partial charge in [-0.2, -0.15) is 0 Å². The minimum Gasteiger partial charge on any atom is -0.494 e. The third-order valence-corrected chi connectivity index (χ3v) is 2.70. The van der Waals surface area contributed by atoms with Crippen LogP contribution < -0.4 is 4.74 Å². The zero-order valence-electron chi connectivity index (χ0n) is 10.4. The molecular weight excluding hydrogens is 219 g/mol. The maximum atomic E-state index is 13.8. The number of halogens is 1. The summed E-state index contributed by atoms with van der Waals surface area (Å²) in [6, 6.07) is 4.84. The average molecular weight is 236 g/mol. The molecule has 0 heterocycles. The van der Waals surface area contributed by atoms with Gasteiger partial charge in [0.15, 0.2) is 17.3 Å². The lowest BCUT2D eigenvalue weighted by atomic mass is 10.0. The monoisotopic (exact) mass is 236 g/mol. The summed E-state index contributed by atoms with van der Waals surface area (Å²) in [5, 5.41) is 0. The quantitative estimate of drug-likeness (QED) is 0.733. The van der Waals surface area contributed by atoms with Gasteiger partial charge in [-0.1, -0.05) is 25.1 Å². The van der Waals surface area contributed by atoms with Crippen LogP contribution in [0.25, 0.3) is 0 Å². The topological polar surface area (TPSA) is 26.3 Å². The van der Waals surface area contributed by atoms with E-state index in [-0.39, 0.29) is 18.0 Å². The molecule has 1 aromatic rings. The fourth-order valence-electron chi connectivity index (χ4n) is 1.70. The number of ketones is 1. The van der Waals surface area contributed by atoms with Crippen molar-refractivity contribution in [2.24, 2.45) is 0 Å². The van der Waals surface area contributed by atoms with Crippen LogP contribution in [-0.2, 0) is 11.2 Å². The van der Waals surface area contributed by atoms with E-state index in [1.54, 1.807) is 24.3 Å². The molecule has 1 aromatic carbocycles. The first-order valence-electron chi connectivity index (χ1n) is 5.63. The van der Waals surface area contributed by atoms with E-state index >= 15 is 0 Å². The summed E-state index contributed by atoms with van der Waals surface area (Å²) in [6.07, 6.45) is 2.53. The van der Waals surface area contributed by atoms with Crippen LogP contribution in [0.3, 0.4) is 0 Å². The second-order valence-electron chi connectivity index (χ2n) is 3.70. The number of methoxy groups -OCH3 is 1. The molecule has 0 saturated heterocycles. The van der Waals surface area contributed by atoms with Crippen molar-refractivity contribution in [3.63, 3.8) is 0 Å². The molecule has 17 heavy (non-hydrogen) atoms. The first kappa shape index (κ1) is 13.4. The molecule has 0 unspecified atom stereocenters. The van der Waals surface area contributed by atoms with E-state index in [4.69, 9.17) is 4.74 Å². The van der Waals surface area contributed by atoms with Gasteiger partial charge in [-0.25, -0.2) is 4.39 Å². The van der Waals surface area contributed by atoms with Crippen molar-refractivity contribution >= 4 is 5.78 Å². The lowest BCUT2D eigenvalue weighted by molar-refractivity contribution is -0.115. The molecule has 0 aliphatic carbocycles. The average Bonchev–Trinajstić information content (AvgIpc) is 2.33. The number of ether oxygens (including phenoxy) is 1. The molecule has 0 saturated carbocycles. The van der Waals surface area contributed by atoms with E-state index in [1.165, 1.54) is 7.11 Å². The summed E-state index contributed by atoms with van der Waals surface area (Å²) in [4.78, 5) is 11.9. The Morgan fingerprint density at radius 1 is 1.47 bits per heavy atom. The van der Waals surface area contributed by atoms with Gasteiger partial charge in [0.2, 0.25) is 0 Å². The normalized spacial score (nSPS) is 11.4. The molecule has 0 aromatic heterocycles. The highest BCUT2D eigenvalue weighted by molar-refractivity contribution is 5.96. The molecule has 0 atom stereocenters.